The van der Waals surface area contributed by atoms with Crippen LogP contribution in [-0.4, -0.2) is 44.2 Å². The molecule has 0 aromatic heterocycles. The third-order valence-electron chi connectivity index (χ3n) is 5.30. The summed E-state index contributed by atoms with van der Waals surface area (Å²) in [6, 6.07) is 5.24. The van der Waals surface area contributed by atoms with Gasteiger partial charge in [-0.25, -0.2) is 0 Å². The number of nitrogens with one attached hydrogen (secondary N) is 1. The SMILES string of the molecule is COC1=C(C(=[NH2+])/C=C/c2ccc3c(c2)OCO3)C(N)CC=C1C(=O)NCC1CC=CO1. The second-order valence-electron chi connectivity index (χ2n) is 7.38. The summed E-state index contributed by atoms with van der Waals surface area (Å²) >= 11 is 0. The Morgan fingerprint density at radius 3 is 2.94 bits per heavy atom. The number of hydrogen-bond acceptors (Lipinski definition) is 6. The molecule has 1 amide bonds. The lowest BCUT2D eigenvalue weighted by Gasteiger charge is -2.23. The second kappa shape index (κ2) is 9.09. The van der Waals surface area contributed by atoms with Crippen molar-refractivity contribution in [2.24, 2.45) is 5.73 Å². The molecule has 1 aromatic rings. The lowest BCUT2D eigenvalue weighted by molar-refractivity contribution is -0.118. The molecule has 0 saturated carbocycles. The van der Waals surface area contributed by atoms with Gasteiger partial charge >= 0.3 is 0 Å². The van der Waals surface area contributed by atoms with Crippen LogP contribution in [0.3, 0.4) is 0 Å². The van der Waals surface area contributed by atoms with E-state index in [2.05, 4.69) is 5.32 Å². The largest absolute Gasteiger partial charge is 0.496 e. The standard InChI is InChI=1S/C23H25N3O5/c1-28-22-16(23(27)26-12-15-3-2-10-29-15)6-8-18(25)21(22)17(24)7-4-14-5-9-19-20(11-14)31-13-30-19/h2,4-7,9-11,15,18,24H,3,8,12-13,25H2,1H3,(H,26,27)/p+1/b7-4+,24-17?. The Morgan fingerprint density at radius 2 is 2.16 bits per heavy atom. The molecule has 1 aromatic carbocycles. The third-order valence-corrected chi connectivity index (χ3v) is 5.30. The number of carbonyl (C=O) groups excluding carboxylic acids is 1. The molecular weight excluding hydrogens is 398 g/mol. The van der Waals surface area contributed by atoms with Gasteiger partial charge < -0.3 is 30.0 Å². The first-order valence-corrected chi connectivity index (χ1v) is 10.1. The van der Waals surface area contributed by atoms with Gasteiger partial charge in [0, 0.05) is 18.5 Å². The Balaban J connectivity index is 1.50. The highest BCUT2D eigenvalue weighted by Gasteiger charge is 2.31. The molecule has 0 bridgehead atoms. The smallest absolute Gasteiger partial charge is 0.254 e. The van der Waals surface area contributed by atoms with Crippen LogP contribution in [0.25, 0.3) is 6.08 Å². The van der Waals surface area contributed by atoms with Gasteiger partial charge in [0.05, 0.1) is 31.1 Å². The predicted molar refractivity (Wildman–Crippen MR) is 115 cm³/mol. The molecular formula is C23H26N3O5+. The van der Waals surface area contributed by atoms with E-state index in [9.17, 15) is 4.79 Å². The van der Waals surface area contributed by atoms with Crippen molar-refractivity contribution in [2.75, 3.05) is 20.4 Å². The van der Waals surface area contributed by atoms with Crippen LogP contribution in [0, 0.1) is 0 Å². The van der Waals surface area contributed by atoms with Crippen molar-refractivity contribution in [3.63, 3.8) is 0 Å². The van der Waals surface area contributed by atoms with Gasteiger partial charge in [0.2, 0.25) is 12.5 Å². The molecule has 162 valence electrons. The number of nitrogens with two attached hydrogens (primary N) is 2. The fourth-order valence-corrected chi connectivity index (χ4v) is 3.69. The van der Waals surface area contributed by atoms with Gasteiger partial charge in [-0.15, -0.1) is 0 Å². The molecule has 5 N–H and O–H groups in total. The molecule has 31 heavy (non-hydrogen) atoms. The average molecular weight is 424 g/mol. The first kappa shape index (κ1) is 20.7. The maximum atomic E-state index is 12.8. The lowest BCUT2D eigenvalue weighted by atomic mass is 9.89. The fourth-order valence-electron chi connectivity index (χ4n) is 3.69. The summed E-state index contributed by atoms with van der Waals surface area (Å²) in [7, 11) is 1.51. The van der Waals surface area contributed by atoms with Crippen LogP contribution < -0.4 is 25.9 Å². The zero-order valence-corrected chi connectivity index (χ0v) is 17.3. The van der Waals surface area contributed by atoms with Gasteiger partial charge in [-0.05, 0) is 36.3 Å². The first-order valence-electron chi connectivity index (χ1n) is 10.1. The Kier molecular flexibility index (Phi) is 6.08. The van der Waals surface area contributed by atoms with Crippen molar-refractivity contribution in [3.05, 3.63) is 65.2 Å². The Bertz CT molecular complexity index is 1000. The molecule has 2 heterocycles. The molecule has 4 rings (SSSR count). The number of amides is 1. The summed E-state index contributed by atoms with van der Waals surface area (Å²) in [4.78, 5) is 12.8. The van der Waals surface area contributed by atoms with Gasteiger partial charge in [0.25, 0.3) is 5.91 Å². The number of rotatable bonds is 7. The highest BCUT2D eigenvalue weighted by Crippen LogP contribution is 2.33. The number of hydrogen-bond donors (Lipinski definition) is 3. The highest BCUT2D eigenvalue weighted by atomic mass is 16.7. The summed E-state index contributed by atoms with van der Waals surface area (Å²) in [5.74, 6) is 1.54. The number of allylic oxidation sites excluding steroid dienone is 1. The van der Waals surface area contributed by atoms with E-state index in [4.69, 9.17) is 30.1 Å². The minimum Gasteiger partial charge on any atom is -0.496 e. The molecule has 0 spiro atoms. The van der Waals surface area contributed by atoms with Crippen LogP contribution in [0.1, 0.15) is 18.4 Å². The molecule has 2 aliphatic heterocycles. The zero-order chi connectivity index (χ0) is 21.8. The summed E-state index contributed by atoms with van der Waals surface area (Å²) in [6.07, 6.45) is 10.2. The average Bonchev–Trinajstić information content (AvgIpc) is 3.46. The Morgan fingerprint density at radius 1 is 1.32 bits per heavy atom. The summed E-state index contributed by atoms with van der Waals surface area (Å²) < 4.78 is 21.7. The van der Waals surface area contributed by atoms with E-state index in [0.29, 0.717) is 47.1 Å². The minimum absolute atomic E-state index is 0.0499. The topological polar surface area (TPSA) is 118 Å². The van der Waals surface area contributed by atoms with E-state index in [0.717, 1.165) is 12.0 Å². The Labute approximate surface area is 180 Å². The molecule has 8 heteroatoms. The van der Waals surface area contributed by atoms with Crippen molar-refractivity contribution < 1.29 is 29.2 Å². The minimum atomic E-state index is -0.379. The number of carbonyl (C=O) groups is 1. The van der Waals surface area contributed by atoms with E-state index >= 15 is 0 Å². The van der Waals surface area contributed by atoms with Gasteiger partial charge in [0.1, 0.15) is 11.9 Å². The lowest BCUT2D eigenvalue weighted by Crippen LogP contribution is -2.46. The quantitative estimate of drug-likeness (QED) is 0.552. The van der Waals surface area contributed by atoms with Crippen LogP contribution in [0.2, 0.25) is 0 Å². The number of fused-ring (bicyclic) bond motifs is 1. The predicted octanol–water partition coefficient (Wildman–Crippen LogP) is 0.605. The Hall–Kier alpha value is -3.52. The van der Waals surface area contributed by atoms with E-state index in [1.54, 1.807) is 18.4 Å². The van der Waals surface area contributed by atoms with Crippen LogP contribution in [0.15, 0.2) is 59.6 Å². The molecule has 0 radical (unpaired) electrons. The first-order chi connectivity index (χ1) is 15.1. The van der Waals surface area contributed by atoms with Crippen LogP contribution in [0.4, 0.5) is 0 Å². The van der Waals surface area contributed by atoms with Gasteiger partial charge in [-0.2, -0.15) is 0 Å². The monoisotopic (exact) mass is 424 g/mol. The van der Waals surface area contributed by atoms with E-state index in [-0.39, 0.29) is 24.8 Å². The third kappa shape index (κ3) is 4.49. The summed E-state index contributed by atoms with van der Waals surface area (Å²) in [5, 5.41) is 9.26. The van der Waals surface area contributed by atoms with Crippen LogP contribution in [-0.2, 0) is 14.3 Å². The number of methoxy groups -OCH3 is 1. The normalized spacial score (nSPS) is 21.8. The molecule has 3 aliphatic rings. The van der Waals surface area contributed by atoms with Crippen molar-refractivity contribution in [1.82, 2.24) is 5.32 Å². The van der Waals surface area contributed by atoms with E-state index < -0.39 is 0 Å². The molecule has 1 aliphatic carbocycles. The van der Waals surface area contributed by atoms with Crippen molar-refractivity contribution >= 4 is 17.7 Å². The van der Waals surface area contributed by atoms with Crippen LogP contribution >= 0.6 is 0 Å². The molecule has 2 atom stereocenters. The van der Waals surface area contributed by atoms with Crippen LogP contribution in [0.5, 0.6) is 11.5 Å². The number of ether oxygens (including phenoxy) is 4. The van der Waals surface area contributed by atoms with Crippen molar-refractivity contribution in [3.8, 4) is 11.5 Å². The van der Waals surface area contributed by atoms with Crippen molar-refractivity contribution in [2.45, 2.75) is 25.0 Å². The second-order valence-corrected chi connectivity index (χ2v) is 7.38. The maximum absolute atomic E-state index is 12.8. The van der Waals surface area contributed by atoms with E-state index in [1.807, 2.05) is 30.4 Å². The zero-order valence-electron chi connectivity index (χ0n) is 17.3. The van der Waals surface area contributed by atoms with E-state index in [1.165, 1.54) is 7.11 Å². The highest BCUT2D eigenvalue weighted by molar-refractivity contribution is 6.10. The molecule has 8 nitrogen and oxygen atoms in total. The van der Waals surface area contributed by atoms with Gasteiger partial charge in [-0.1, -0.05) is 12.1 Å². The summed E-state index contributed by atoms with van der Waals surface area (Å²) in [5.41, 5.74) is 8.67. The fraction of sp³-hybridized carbons (Fsp3) is 0.304. The van der Waals surface area contributed by atoms with Gasteiger partial charge in [-0.3, -0.25) is 10.2 Å². The summed E-state index contributed by atoms with van der Waals surface area (Å²) in [6.45, 7) is 0.626. The molecule has 0 fully saturated rings. The molecule has 2 unspecified atom stereocenters. The number of benzene rings is 1. The van der Waals surface area contributed by atoms with Crippen molar-refractivity contribution in [1.29, 1.82) is 0 Å². The maximum Gasteiger partial charge on any atom is 0.254 e. The molecule has 0 saturated heterocycles. The van der Waals surface area contributed by atoms with Gasteiger partial charge in [0.15, 0.2) is 11.5 Å².